The Bertz CT molecular complexity index is 780. The molecule has 3 rings (SSSR count). The van der Waals surface area contributed by atoms with Gasteiger partial charge in [0.05, 0.1) is 13.1 Å². The summed E-state index contributed by atoms with van der Waals surface area (Å²) in [5.74, 6) is -0.337. The summed E-state index contributed by atoms with van der Waals surface area (Å²) in [7, 11) is 0. The highest BCUT2D eigenvalue weighted by atomic mass is 19.3. The normalized spacial score (nSPS) is 14.4. The number of hydrogen-bond donors (Lipinski definition) is 0. The maximum atomic E-state index is 13.4. The van der Waals surface area contributed by atoms with Crippen LogP contribution in [0.4, 0.5) is 18.0 Å². The van der Waals surface area contributed by atoms with Gasteiger partial charge < -0.3 is 9.64 Å². The number of aromatic nitrogens is 1. The van der Waals surface area contributed by atoms with E-state index in [1.807, 2.05) is 0 Å². The number of aryl methyl sites for hydroxylation is 1. The number of carbonyl (C=O) groups excluding carboxylic acids is 1. The largest absolute Gasteiger partial charge is 0.448 e. The Morgan fingerprint density at radius 3 is 2.71 bits per heavy atom. The van der Waals surface area contributed by atoms with Crippen molar-refractivity contribution in [3.63, 3.8) is 0 Å². The number of rotatable bonds is 4. The Morgan fingerprint density at radius 1 is 1.29 bits per heavy atom. The minimum Gasteiger partial charge on any atom is -0.448 e. The number of hydrogen-bond acceptors (Lipinski definition) is 3. The number of alkyl halides is 2. The summed E-state index contributed by atoms with van der Waals surface area (Å²) in [4.78, 5) is 16.8. The van der Waals surface area contributed by atoms with Crippen LogP contribution in [0.2, 0.25) is 0 Å². The van der Waals surface area contributed by atoms with E-state index >= 15 is 0 Å². The summed E-state index contributed by atoms with van der Waals surface area (Å²) >= 11 is 0. The number of pyridine rings is 1. The first-order chi connectivity index (χ1) is 11.5. The molecule has 7 heteroatoms. The molecule has 1 aromatic heterocycles. The van der Waals surface area contributed by atoms with Crippen LogP contribution >= 0.6 is 0 Å². The van der Waals surface area contributed by atoms with Crippen LogP contribution in [0.15, 0.2) is 30.5 Å². The molecule has 1 saturated heterocycles. The van der Waals surface area contributed by atoms with E-state index in [1.165, 1.54) is 17.2 Å². The van der Waals surface area contributed by atoms with E-state index < -0.39 is 12.5 Å². The van der Waals surface area contributed by atoms with Crippen molar-refractivity contribution in [1.29, 1.82) is 0 Å². The average Bonchev–Trinajstić information content (AvgIpc) is 2.95. The van der Waals surface area contributed by atoms with Gasteiger partial charge in [0.1, 0.15) is 18.1 Å². The van der Waals surface area contributed by atoms with Crippen molar-refractivity contribution in [3.8, 4) is 11.1 Å². The highest BCUT2D eigenvalue weighted by Crippen LogP contribution is 2.28. The number of benzene rings is 1. The molecule has 0 saturated carbocycles. The van der Waals surface area contributed by atoms with Crippen LogP contribution in [0.5, 0.6) is 0 Å². The first-order valence-electron chi connectivity index (χ1n) is 7.41. The second kappa shape index (κ2) is 6.51. The van der Waals surface area contributed by atoms with Gasteiger partial charge in [-0.25, -0.2) is 18.0 Å². The maximum absolute atomic E-state index is 13.4. The summed E-state index contributed by atoms with van der Waals surface area (Å²) in [6.07, 6.45) is -1.94. The third-order valence-electron chi connectivity index (χ3n) is 3.91. The molecule has 24 heavy (non-hydrogen) atoms. The van der Waals surface area contributed by atoms with Gasteiger partial charge in [-0.05, 0) is 41.8 Å². The molecule has 4 nitrogen and oxygen atoms in total. The van der Waals surface area contributed by atoms with Gasteiger partial charge in [0, 0.05) is 11.8 Å². The van der Waals surface area contributed by atoms with Crippen LogP contribution in [0, 0.1) is 12.7 Å². The quantitative estimate of drug-likeness (QED) is 0.845. The van der Waals surface area contributed by atoms with Crippen LogP contribution in [-0.2, 0) is 11.3 Å². The van der Waals surface area contributed by atoms with Gasteiger partial charge >= 0.3 is 6.09 Å². The number of cyclic esters (lactones) is 1. The maximum Gasteiger partial charge on any atom is 0.410 e. The minimum atomic E-state index is -2.75. The molecule has 2 heterocycles. The molecule has 1 aliphatic rings. The summed E-state index contributed by atoms with van der Waals surface area (Å²) in [5, 5.41) is 0. The number of ether oxygens (including phenoxy) is 1. The van der Waals surface area contributed by atoms with Crippen LogP contribution in [0.3, 0.4) is 0 Å². The topological polar surface area (TPSA) is 42.4 Å². The van der Waals surface area contributed by atoms with E-state index in [1.54, 1.807) is 25.1 Å². The molecule has 1 aliphatic heterocycles. The lowest BCUT2D eigenvalue weighted by Gasteiger charge is -2.16. The lowest BCUT2D eigenvalue weighted by molar-refractivity contribution is 0.141. The number of amides is 1. The standard InChI is InChI=1S/C17H15F3N2O2/c1-10-6-11(2-3-14(10)18)12-7-13(15(16(19)20)21-8-12)9-22-4-5-24-17(22)23/h2-3,6-8,16H,4-5,9H2,1H3. The average molecular weight is 336 g/mol. The molecule has 1 aromatic carbocycles. The lowest BCUT2D eigenvalue weighted by atomic mass is 10.0. The van der Waals surface area contributed by atoms with E-state index in [0.29, 0.717) is 23.2 Å². The smallest absolute Gasteiger partial charge is 0.410 e. The predicted octanol–water partition coefficient (Wildman–Crippen LogP) is 4.09. The highest BCUT2D eigenvalue weighted by Gasteiger charge is 2.25. The lowest BCUT2D eigenvalue weighted by Crippen LogP contribution is -2.24. The molecule has 0 atom stereocenters. The van der Waals surface area contributed by atoms with Crippen LogP contribution in [0.1, 0.15) is 23.2 Å². The number of nitrogens with zero attached hydrogens (tertiary/aromatic N) is 2. The first-order valence-corrected chi connectivity index (χ1v) is 7.41. The molecule has 0 N–H and O–H groups in total. The van der Waals surface area contributed by atoms with Crippen molar-refractivity contribution in [1.82, 2.24) is 9.88 Å². The van der Waals surface area contributed by atoms with Gasteiger partial charge in [-0.3, -0.25) is 4.98 Å². The fraction of sp³-hybridized carbons (Fsp3) is 0.294. The van der Waals surface area contributed by atoms with E-state index in [2.05, 4.69) is 4.98 Å². The second-order valence-electron chi connectivity index (χ2n) is 5.57. The molecule has 0 aliphatic carbocycles. The molecule has 0 unspecified atom stereocenters. The zero-order chi connectivity index (χ0) is 17.3. The summed E-state index contributed by atoms with van der Waals surface area (Å²) < 4.78 is 44.6. The van der Waals surface area contributed by atoms with Gasteiger partial charge in [0.2, 0.25) is 0 Å². The van der Waals surface area contributed by atoms with Crippen molar-refractivity contribution >= 4 is 6.09 Å². The zero-order valence-corrected chi connectivity index (χ0v) is 12.9. The van der Waals surface area contributed by atoms with Crippen molar-refractivity contribution < 1.29 is 22.7 Å². The SMILES string of the molecule is Cc1cc(-c2cnc(C(F)F)c(CN3CCOC3=O)c2)ccc1F. The second-order valence-corrected chi connectivity index (χ2v) is 5.57. The molecule has 0 spiro atoms. The molecule has 0 bridgehead atoms. The van der Waals surface area contributed by atoms with E-state index in [4.69, 9.17) is 4.74 Å². The van der Waals surface area contributed by atoms with Gasteiger partial charge in [-0.1, -0.05) is 6.07 Å². The van der Waals surface area contributed by atoms with Gasteiger partial charge in [0.15, 0.2) is 0 Å². The zero-order valence-electron chi connectivity index (χ0n) is 12.9. The van der Waals surface area contributed by atoms with Gasteiger partial charge in [-0.2, -0.15) is 0 Å². The van der Waals surface area contributed by atoms with Gasteiger partial charge in [-0.15, -0.1) is 0 Å². The van der Waals surface area contributed by atoms with E-state index in [9.17, 15) is 18.0 Å². The van der Waals surface area contributed by atoms with Crippen molar-refractivity contribution in [2.75, 3.05) is 13.2 Å². The van der Waals surface area contributed by atoms with Crippen LogP contribution < -0.4 is 0 Å². The monoisotopic (exact) mass is 336 g/mol. The minimum absolute atomic E-state index is 0.000473. The molecule has 0 radical (unpaired) electrons. The van der Waals surface area contributed by atoms with Gasteiger partial charge in [0.25, 0.3) is 6.43 Å². The fourth-order valence-electron chi connectivity index (χ4n) is 2.60. The predicted molar refractivity (Wildman–Crippen MR) is 81.1 cm³/mol. The third-order valence-corrected chi connectivity index (χ3v) is 3.91. The van der Waals surface area contributed by atoms with E-state index in [-0.39, 0.29) is 30.2 Å². The summed E-state index contributed by atoms with van der Waals surface area (Å²) in [5.41, 5.74) is 1.60. The molecule has 126 valence electrons. The molecular formula is C17H15F3N2O2. The molecular weight excluding hydrogens is 321 g/mol. The Kier molecular flexibility index (Phi) is 4.42. The summed E-state index contributed by atoms with van der Waals surface area (Å²) in [6.45, 7) is 2.22. The summed E-state index contributed by atoms with van der Waals surface area (Å²) in [6, 6.07) is 6.08. The first kappa shape index (κ1) is 16.3. The van der Waals surface area contributed by atoms with Crippen LogP contribution in [0.25, 0.3) is 11.1 Å². The molecule has 1 amide bonds. The van der Waals surface area contributed by atoms with Crippen molar-refractivity contribution in [2.24, 2.45) is 0 Å². The Morgan fingerprint density at radius 2 is 2.08 bits per heavy atom. The fourth-order valence-corrected chi connectivity index (χ4v) is 2.60. The Hall–Kier alpha value is -2.57. The highest BCUT2D eigenvalue weighted by molar-refractivity contribution is 5.70. The number of carbonyl (C=O) groups is 1. The molecule has 2 aromatic rings. The molecule has 1 fully saturated rings. The Balaban J connectivity index is 1.98. The van der Waals surface area contributed by atoms with Crippen molar-refractivity contribution in [3.05, 3.63) is 53.1 Å². The number of halogens is 3. The van der Waals surface area contributed by atoms with Crippen LogP contribution in [-0.4, -0.2) is 29.1 Å². The van der Waals surface area contributed by atoms with Crippen molar-refractivity contribution in [2.45, 2.75) is 19.9 Å². The Labute approximate surface area is 136 Å². The van der Waals surface area contributed by atoms with E-state index in [0.717, 1.165) is 0 Å². The third kappa shape index (κ3) is 3.20.